The highest BCUT2D eigenvalue weighted by molar-refractivity contribution is 6.31. The van der Waals surface area contributed by atoms with Crippen LogP contribution < -0.4 is 5.73 Å². The fourth-order valence-electron chi connectivity index (χ4n) is 2.41. The molecule has 1 aromatic heterocycles. The van der Waals surface area contributed by atoms with Gasteiger partial charge in [-0.25, -0.2) is 4.68 Å². The Bertz CT molecular complexity index is 561. The number of hydrogen-bond donors (Lipinski definition) is 1. The van der Waals surface area contributed by atoms with Crippen LogP contribution >= 0.6 is 11.6 Å². The molecule has 0 amide bonds. The molecule has 6 heteroatoms. The number of nitrogen functional groups attached to an aromatic ring is 1. The third-order valence-electron chi connectivity index (χ3n) is 3.56. The summed E-state index contributed by atoms with van der Waals surface area (Å²) in [6.45, 7) is 4.35. The predicted molar refractivity (Wildman–Crippen MR) is 86.1 cm³/mol. The Labute approximate surface area is 130 Å². The van der Waals surface area contributed by atoms with Crippen LogP contribution in [0.4, 0.5) is 5.69 Å². The summed E-state index contributed by atoms with van der Waals surface area (Å²) in [5.41, 5.74) is 7.31. The van der Waals surface area contributed by atoms with Crippen molar-refractivity contribution in [2.24, 2.45) is 0 Å². The number of nitrogens with zero attached hydrogens (tertiary/aromatic N) is 4. The summed E-state index contributed by atoms with van der Waals surface area (Å²) in [7, 11) is 0. The zero-order valence-corrected chi connectivity index (χ0v) is 13.3. The van der Waals surface area contributed by atoms with E-state index in [2.05, 4.69) is 29.4 Å². The normalized spacial score (nSPS) is 12.5. The largest absolute Gasteiger partial charge is 0.399 e. The molecule has 0 aliphatic carbocycles. The van der Waals surface area contributed by atoms with Gasteiger partial charge < -0.3 is 5.73 Å². The lowest BCUT2D eigenvalue weighted by Crippen LogP contribution is -2.09. The molecular formula is C15H22ClN5. The van der Waals surface area contributed by atoms with Gasteiger partial charge in [0.25, 0.3) is 0 Å². The summed E-state index contributed by atoms with van der Waals surface area (Å²) in [4.78, 5) is 0. The maximum absolute atomic E-state index is 6.06. The Balaban J connectivity index is 2.14. The SMILES string of the molecule is CCCCCCC(C)n1nnnc1-c1cc(N)cc(Cl)c1. The number of anilines is 1. The first-order valence-electron chi connectivity index (χ1n) is 7.46. The lowest BCUT2D eigenvalue weighted by Gasteiger charge is -2.13. The van der Waals surface area contributed by atoms with Crippen LogP contribution in [0.3, 0.4) is 0 Å². The van der Waals surface area contributed by atoms with Crippen LogP contribution in [-0.2, 0) is 0 Å². The lowest BCUT2D eigenvalue weighted by atomic mass is 10.1. The van der Waals surface area contributed by atoms with E-state index in [0.717, 1.165) is 12.0 Å². The van der Waals surface area contributed by atoms with Gasteiger partial charge in [0.15, 0.2) is 5.82 Å². The minimum atomic E-state index is 0.257. The summed E-state index contributed by atoms with van der Waals surface area (Å²) < 4.78 is 1.86. The number of nitrogens with two attached hydrogens (primary N) is 1. The first-order valence-corrected chi connectivity index (χ1v) is 7.84. The van der Waals surface area contributed by atoms with Crippen molar-refractivity contribution in [1.82, 2.24) is 20.2 Å². The third-order valence-corrected chi connectivity index (χ3v) is 3.78. The predicted octanol–water partition coefficient (Wildman–Crippen LogP) is 4.11. The lowest BCUT2D eigenvalue weighted by molar-refractivity contribution is 0.430. The Morgan fingerprint density at radius 1 is 1.24 bits per heavy atom. The monoisotopic (exact) mass is 307 g/mol. The molecule has 0 spiro atoms. The van der Waals surface area contributed by atoms with E-state index >= 15 is 0 Å². The van der Waals surface area contributed by atoms with Gasteiger partial charge in [0.2, 0.25) is 0 Å². The standard InChI is InChI=1S/C15H22ClN5/c1-3-4-5-6-7-11(2)21-15(18-19-20-21)12-8-13(16)10-14(17)9-12/h8-11H,3-7,17H2,1-2H3. The molecule has 0 saturated carbocycles. The molecule has 1 aromatic carbocycles. The van der Waals surface area contributed by atoms with Crippen LogP contribution in [-0.4, -0.2) is 20.2 Å². The van der Waals surface area contributed by atoms with Crippen molar-refractivity contribution in [2.45, 2.75) is 52.0 Å². The van der Waals surface area contributed by atoms with Gasteiger partial charge in [-0.1, -0.05) is 44.2 Å². The van der Waals surface area contributed by atoms with Crippen LogP contribution in [0, 0.1) is 0 Å². The van der Waals surface area contributed by atoms with E-state index in [0.29, 0.717) is 16.5 Å². The Morgan fingerprint density at radius 3 is 2.76 bits per heavy atom. The summed E-state index contributed by atoms with van der Waals surface area (Å²) >= 11 is 6.06. The molecule has 0 aliphatic rings. The van der Waals surface area contributed by atoms with E-state index in [4.69, 9.17) is 17.3 Å². The van der Waals surface area contributed by atoms with E-state index in [1.165, 1.54) is 25.7 Å². The number of unbranched alkanes of at least 4 members (excludes halogenated alkanes) is 3. The fourth-order valence-corrected chi connectivity index (χ4v) is 2.65. The zero-order chi connectivity index (χ0) is 15.2. The number of aromatic nitrogens is 4. The van der Waals surface area contributed by atoms with E-state index < -0.39 is 0 Å². The second kappa shape index (κ2) is 7.41. The Morgan fingerprint density at radius 2 is 2.05 bits per heavy atom. The number of hydrogen-bond acceptors (Lipinski definition) is 4. The van der Waals surface area contributed by atoms with Gasteiger partial charge in [0, 0.05) is 16.3 Å². The first kappa shape index (κ1) is 15.8. The van der Waals surface area contributed by atoms with Crippen LogP contribution in [0.1, 0.15) is 52.0 Å². The second-order valence-corrected chi connectivity index (χ2v) is 5.86. The molecule has 0 saturated heterocycles. The van der Waals surface area contributed by atoms with Crippen LogP contribution in [0.15, 0.2) is 18.2 Å². The molecule has 1 heterocycles. The topological polar surface area (TPSA) is 69.6 Å². The van der Waals surface area contributed by atoms with Crippen LogP contribution in [0.5, 0.6) is 0 Å². The highest BCUT2D eigenvalue weighted by Crippen LogP contribution is 2.26. The van der Waals surface area contributed by atoms with Crippen molar-refractivity contribution in [3.05, 3.63) is 23.2 Å². The highest BCUT2D eigenvalue weighted by atomic mass is 35.5. The quantitative estimate of drug-likeness (QED) is 0.617. The average molecular weight is 308 g/mol. The Kier molecular flexibility index (Phi) is 5.56. The van der Waals surface area contributed by atoms with Crippen molar-refractivity contribution in [1.29, 1.82) is 0 Å². The summed E-state index contributed by atoms with van der Waals surface area (Å²) in [5, 5.41) is 12.6. The Hall–Kier alpha value is -1.62. The number of benzene rings is 1. The van der Waals surface area contributed by atoms with Crippen molar-refractivity contribution < 1.29 is 0 Å². The summed E-state index contributed by atoms with van der Waals surface area (Å²) in [5.74, 6) is 0.715. The highest BCUT2D eigenvalue weighted by Gasteiger charge is 2.15. The van der Waals surface area contributed by atoms with E-state index in [9.17, 15) is 0 Å². The molecule has 0 fully saturated rings. The van der Waals surface area contributed by atoms with Crippen LogP contribution in [0.2, 0.25) is 5.02 Å². The summed E-state index contributed by atoms with van der Waals surface area (Å²) in [6.07, 6.45) is 6.02. The van der Waals surface area contributed by atoms with Gasteiger partial charge in [-0.15, -0.1) is 5.10 Å². The fraction of sp³-hybridized carbons (Fsp3) is 0.533. The third kappa shape index (κ3) is 4.17. The van der Waals surface area contributed by atoms with Gasteiger partial charge in [-0.2, -0.15) is 0 Å². The molecule has 1 atom stereocenters. The van der Waals surface area contributed by atoms with Crippen molar-refractivity contribution in [3.63, 3.8) is 0 Å². The smallest absolute Gasteiger partial charge is 0.182 e. The summed E-state index contributed by atoms with van der Waals surface area (Å²) in [6, 6.07) is 5.65. The number of rotatable bonds is 7. The van der Waals surface area contributed by atoms with Gasteiger partial charge in [-0.3, -0.25) is 0 Å². The van der Waals surface area contributed by atoms with Gasteiger partial charge in [0.1, 0.15) is 0 Å². The molecule has 2 aromatic rings. The molecule has 0 aliphatic heterocycles. The van der Waals surface area contributed by atoms with Crippen molar-refractivity contribution in [3.8, 4) is 11.4 Å². The second-order valence-electron chi connectivity index (χ2n) is 5.42. The average Bonchev–Trinajstić information content (AvgIpc) is 2.92. The van der Waals surface area contributed by atoms with Gasteiger partial charge in [-0.05, 0) is 42.0 Å². The molecule has 114 valence electrons. The van der Waals surface area contributed by atoms with Crippen LogP contribution in [0.25, 0.3) is 11.4 Å². The minimum Gasteiger partial charge on any atom is -0.399 e. The zero-order valence-electron chi connectivity index (χ0n) is 12.6. The molecule has 1 unspecified atom stereocenters. The van der Waals surface area contributed by atoms with Crippen molar-refractivity contribution in [2.75, 3.05) is 5.73 Å². The minimum absolute atomic E-state index is 0.257. The maximum atomic E-state index is 6.06. The van der Waals surface area contributed by atoms with Gasteiger partial charge in [0.05, 0.1) is 6.04 Å². The molecule has 21 heavy (non-hydrogen) atoms. The molecular weight excluding hydrogens is 286 g/mol. The van der Waals surface area contributed by atoms with E-state index in [1.54, 1.807) is 6.07 Å². The number of halogens is 1. The number of tetrazole rings is 1. The van der Waals surface area contributed by atoms with E-state index in [-0.39, 0.29) is 6.04 Å². The van der Waals surface area contributed by atoms with Crippen molar-refractivity contribution >= 4 is 17.3 Å². The molecule has 2 rings (SSSR count). The maximum Gasteiger partial charge on any atom is 0.182 e. The molecule has 5 nitrogen and oxygen atoms in total. The molecule has 0 bridgehead atoms. The van der Waals surface area contributed by atoms with E-state index in [1.807, 2.05) is 16.8 Å². The molecule has 2 N–H and O–H groups in total. The van der Waals surface area contributed by atoms with Gasteiger partial charge >= 0.3 is 0 Å². The molecule has 0 radical (unpaired) electrons. The first-order chi connectivity index (χ1) is 10.1.